The van der Waals surface area contributed by atoms with Crippen molar-refractivity contribution in [3.8, 4) is 0 Å². The lowest BCUT2D eigenvalue weighted by Gasteiger charge is -2.43. The Morgan fingerprint density at radius 2 is 2.10 bits per heavy atom. The van der Waals surface area contributed by atoms with E-state index in [-0.39, 0.29) is 12.6 Å². The number of anilines is 1. The van der Waals surface area contributed by atoms with Gasteiger partial charge in [-0.2, -0.15) is 0 Å². The lowest BCUT2D eigenvalue weighted by Crippen LogP contribution is -2.52. The quantitative estimate of drug-likeness (QED) is 0.639. The smallest absolute Gasteiger partial charge is 0.376 e. The van der Waals surface area contributed by atoms with E-state index in [2.05, 4.69) is 44.8 Å². The molecule has 1 saturated heterocycles. The molecule has 0 amide bonds. The van der Waals surface area contributed by atoms with Crippen molar-refractivity contribution < 1.29 is 5.02 Å². The van der Waals surface area contributed by atoms with Crippen LogP contribution in [0.4, 0.5) is 5.69 Å². The number of hydrogen-bond acceptors (Lipinski definition) is 3. The molecule has 0 aliphatic carbocycles. The molecule has 1 aromatic rings. The molecule has 0 spiro atoms. The van der Waals surface area contributed by atoms with Gasteiger partial charge in [0.15, 0.2) is 0 Å². The fourth-order valence-corrected chi connectivity index (χ4v) is 3.21. The SMILES string of the molecule is C=CCC1(Nc2ccccc2Br)CCN(B(C)O)CC1. The Morgan fingerprint density at radius 3 is 2.65 bits per heavy atom. The van der Waals surface area contributed by atoms with E-state index < -0.39 is 0 Å². The predicted molar refractivity (Wildman–Crippen MR) is 90.0 cm³/mol. The normalized spacial score (nSPS) is 18.6. The summed E-state index contributed by atoms with van der Waals surface area (Å²) in [7, 11) is -0.361. The predicted octanol–water partition coefficient (Wildman–Crippen LogP) is 3.38. The van der Waals surface area contributed by atoms with E-state index >= 15 is 0 Å². The van der Waals surface area contributed by atoms with Crippen LogP contribution in [0.1, 0.15) is 19.3 Å². The average Bonchev–Trinajstić information content (AvgIpc) is 2.42. The molecule has 0 aromatic heterocycles. The zero-order chi connectivity index (χ0) is 14.6. The standard InChI is InChI=1S/C15H22BBrN2O/c1-3-8-15(9-11-19(12-10-15)16(2)20)18-14-7-5-4-6-13(14)17/h3-7,18,20H,1,8-12H2,2H3. The number of nitrogens with zero attached hydrogens (tertiary/aromatic N) is 1. The molecule has 1 aliphatic heterocycles. The highest BCUT2D eigenvalue weighted by Crippen LogP contribution is 2.33. The Bertz CT molecular complexity index is 459. The number of hydrogen-bond donors (Lipinski definition) is 2. The van der Waals surface area contributed by atoms with Crippen molar-refractivity contribution in [2.45, 2.75) is 31.6 Å². The van der Waals surface area contributed by atoms with Gasteiger partial charge in [0.1, 0.15) is 0 Å². The maximum atomic E-state index is 9.69. The van der Waals surface area contributed by atoms with Crippen LogP contribution in [0.2, 0.25) is 6.82 Å². The second kappa shape index (κ2) is 6.79. The van der Waals surface area contributed by atoms with Crippen LogP contribution in [0.25, 0.3) is 0 Å². The van der Waals surface area contributed by atoms with Gasteiger partial charge in [-0.15, -0.1) is 6.58 Å². The molecule has 1 heterocycles. The molecule has 1 aliphatic rings. The van der Waals surface area contributed by atoms with Crippen LogP contribution in [0.5, 0.6) is 0 Å². The third-order valence-electron chi connectivity index (χ3n) is 4.09. The van der Waals surface area contributed by atoms with Crippen LogP contribution in [0.3, 0.4) is 0 Å². The fraction of sp³-hybridized carbons (Fsp3) is 0.467. The lowest BCUT2D eigenvalue weighted by atomic mass is 9.77. The second-order valence-corrected chi connectivity index (χ2v) is 6.40. The molecule has 2 rings (SSSR count). The first-order valence-electron chi connectivity index (χ1n) is 7.12. The minimum Gasteiger partial charge on any atom is -0.437 e. The van der Waals surface area contributed by atoms with Crippen LogP contribution in [-0.4, -0.2) is 35.5 Å². The summed E-state index contributed by atoms with van der Waals surface area (Å²) in [6.07, 6.45) is 4.93. The number of nitrogens with one attached hydrogen (secondary N) is 1. The van der Waals surface area contributed by atoms with Gasteiger partial charge in [-0.05, 0) is 67.2 Å². The summed E-state index contributed by atoms with van der Waals surface area (Å²) < 4.78 is 1.08. The molecule has 0 saturated carbocycles. The molecule has 108 valence electrons. The van der Waals surface area contributed by atoms with Crippen LogP contribution in [-0.2, 0) is 0 Å². The lowest BCUT2D eigenvalue weighted by molar-refractivity contribution is 0.235. The zero-order valence-electron chi connectivity index (χ0n) is 12.0. The Balaban J connectivity index is 2.11. The van der Waals surface area contributed by atoms with Gasteiger partial charge in [0.25, 0.3) is 0 Å². The molecule has 2 N–H and O–H groups in total. The molecule has 5 heteroatoms. The fourth-order valence-electron chi connectivity index (χ4n) is 2.83. The molecule has 20 heavy (non-hydrogen) atoms. The van der Waals surface area contributed by atoms with Gasteiger partial charge in [-0.3, -0.25) is 0 Å². The van der Waals surface area contributed by atoms with Crippen molar-refractivity contribution >= 4 is 28.7 Å². The monoisotopic (exact) mass is 336 g/mol. The van der Waals surface area contributed by atoms with Crippen molar-refractivity contribution in [1.29, 1.82) is 0 Å². The summed E-state index contributed by atoms with van der Waals surface area (Å²) in [4.78, 5) is 2.11. The highest BCUT2D eigenvalue weighted by Gasteiger charge is 2.35. The molecular weight excluding hydrogens is 315 g/mol. The molecular formula is C15H22BBrN2O. The average molecular weight is 337 g/mol. The molecule has 0 radical (unpaired) electrons. The van der Waals surface area contributed by atoms with E-state index in [0.717, 1.165) is 42.5 Å². The number of benzene rings is 1. The van der Waals surface area contributed by atoms with Gasteiger partial charge in [0.05, 0.1) is 0 Å². The first-order valence-corrected chi connectivity index (χ1v) is 7.91. The Hall–Kier alpha value is -0.775. The first kappa shape index (κ1) is 15.6. The third kappa shape index (κ3) is 3.65. The van der Waals surface area contributed by atoms with Crippen molar-refractivity contribution in [3.05, 3.63) is 41.4 Å². The van der Waals surface area contributed by atoms with E-state index in [1.807, 2.05) is 25.0 Å². The van der Waals surface area contributed by atoms with Gasteiger partial charge < -0.3 is 15.2 Å². The number of para-hydroxylation sites is 1. The second-order valence-electron chi connectivity index (χ2n) is 5.55. The minimum absolute atomic E-state index is 0.0387. The molecule has 0 unspecified atom stereocenters. The summed E-state index contributed by atoms with van der Waals surface area (Å²) in [5.41, 5.74) is 1.16. The molecule has 0 bridgehead atoms. The van der Waals surface area contributed by atoms with Crippen molar-refractivity contribution in [1.82, 2.24) is 4.81 Å². The Kier molecular flexibility index (Phi) is 5.30. The zero-order valence-corrected chi connectivity index (χ0v) is 13.6. The van der Waals surface area contributed by atoms with Crippen LogP contribution < -0.4 is 5.32 Å². The molecule has 3 nitrogen and oxygen atoms in total. The molecule has 1 fully saturated rings. The van der Waals surface area contributed by atoms with E-state index in [1.165, 1.54) is 0 Å². The van der Waals surface area contributed by atoms with E-state index in [0.29, 0.717) is 0 Å². The first-order chi connectivity index (χ1) is 9.56. The maximum Gasteiger partial charge on any atom is 0.376 e. The number of rotatable bonds is 5. The van der Waals surface area contributed by atoms with Gasteiger partial charge in [-0.25, -0.2) is 0 Å². The van der Waals surface area contributed by atoms with Gasteiger partial charge >= 0.3 is 7.05 Å². The van der Waals surface area contributed by atoms with Crippen LogP contribution in [0.15, 0.2) is 41.4 Å². The van der Waals surface area contributed by atoms with Crippen molar-refractivity contribution in [3.63, 3.8) is 0 Å². The Labute approximate surface area is 130 Å². The van der Waals surface area contributed by atoms with E-state index in [1.54, 1.807) is 0 Å². The maximum absolute atomic E-state index is 9.69. The highest BCUT2D eigenvalue weighted by molar-refractivity contribution is 9.10. The Morgan fingerprint density at radius 1 is 1.45 bits per heavy atom. The van der Waals surface area contributed by atoms with Crippen molar-refractivity contribution in [2.75, 3.05) is 18.4 Å². The summed E-state index contributed by atoms with van der Waals surface area (Å²) in [5, 5.41) is 13.4. The summed E-state index contributed by atoms with van der Waals surface area (Å²) in [6.45, 7) is 7.55. The van der Waals surface area contributed by atoms with Gasteiger partial charge in [-0.1, -0.05) is 18.2 Å². The summed E-state index contributed by atoms with van der Waals surface area (Å²) in [6, 6.07) is 8.20. The number of piperidine rings is 1. The third-order valence-corrected chi connectivity index (χ3v) is 4.78. The number of halogens is 1. The summed E-state index contributed by atoms with van der Waals surface area (Å²) >= 11 is 3.59. The topological polar surface area (TPSA) is 35.5 Å². The minimum atomic E-state index is -0.361. The molecule has 1 aromatic carbocycles. The summed E-state index contributed by atoms with van der Waals surface area (Å²) in [5.74, 6) is 0. The van der Waals surface area contributed by atoms with Crippen molar-refractivity contribution in [2.24, 2.45) is 0 Å². The van der Waals surface area contributed by atoms with E-state index in [4.69, 9.17) is 0 Å². The van der Waals surface area contributed by atoms with E-state index in [9.17, 15) is 5.02 Å². The van der Waals surface area contributed by atoms with Gasteiger partial charge in [0, 0.05) is 15.7 Å². The largest absolute Gasteiger partial charge is 0.437 e. The molecule has 0 atom stereocenters. The van der Waals surface area contributed by atoms with Gasteiger partial charge in [0.2, 0.25) is 0 Å². The van der Waals surface area contributed by atoms with Crippen LogP contribution in [0, 0.1) is 0 Å². The highest BCUT2D eigenvalue weighted by atomic mass is 79.9. The van der Waals surface area contributed by atoms with Crippen LogP contribution >= 0.6 is 15.9 Å².